The van der Waals surface area contributed by atoms with Gasteiger partial charge in [-0.3, -0.25) is 14.0 Å². The largest absolute Gasteiger partial charge is 0.493 e. The van der Waals surface area contributed by atoms with Crippen molar-refractivity contribution < 1.29 is 9.53 Å². The topological polar surface area (TPSA) is 88.0 Å². The lowest BCUT2D eigenvalue weighted by molar-refractivity contribution is -0.118. The summed E-state index contributed by atoms with van der Waals surface area (Å²) in [6.07, 6.45) is 9.42. The molecule has 3 aromatic rings. The van der Waals surface area contributed by atoms with E-state index < -0.39 is 0 Å². The standard InChI is InChI=1S/C18H19N5O2/c19-17(24)2-1-7-22-12-15(11-21-22)23-8-6-20-18(23)14-3-4-16-13(10-14)5-9-25-16/h3-4,6,8,10-12H,1-2,5,7,9H2,(H2,19,24). The summed E-state index contributed by atoms with van der Waals surface area (Å²) in [7, 11) is 0. The summed E-state index contributed by atoms with van der Waals surface area (Å²) in [6.45, 7) is 1.40. The summed E-state index contributed by atoms with van der Waals surface area (Å²) < 4.78 is 9.40. The van der Waals surface area contributed by atoms with E-state index in [2.05, 4.69) is 16.1 Å². The van der Waals surface area contributed by atoms with E-state index >= 15 is 0 Å². The van der Waals surface area contributed by atoms with Gasteiger partial charge in [-0.25, -0.2) is 4.98 Å². The molecule has 2 N–H and O–H groups in total. The van der Waals surface area contributed by atoms with Gasteiger partial charge in [0.15, 0.2) is 0 Å². The summed E-state index contributed by atoms with van der Waals surface area (Å²) >= 11 is 0. The van der Waals surface area contributed by atoms with Crippen molar-refractivity contribution in [3.8, 4) is 22.8 Å². The first-order valence-electron chi connectivity index (χ1n) is 8.31. The zero-order valence-corrected chi connectivity index (χ0v) is 13.8. The van der Waals surface area contributed by atoms with E-state index in [9.17, 15) is 4.79 Å². The predicted octanol–water partition coefficient (Wildman–Crippen LogP) is 1.94. The molecule has 128 valence electrons. The minimum Gasteiger partial charge on any atom is -0.493 e. The molecule has 1 amide bonds. The molecular formula is C18H19N5O2. The third kappa shape index (κ3) is 3.13. The highest BCUT2D eigenvalue weighted by atomic mass is 16.5. The fraction of sp³-hybridized carbons (Fsp3) is 0.278. The number of hydrogen-bond acceptors (Lipinski definition) is 4. The molecule has 4 rings (SSSR count). The highest BCUT2D eigenvalue weighted by molar-refractivity contribution is 5.73. The fourth-order valence-electron chi connectivity index (χ4n) is 3.07. The number of rotatable bonds is 6. The number of aryl methyl sites for hydroxylation is 1. The maximum absolute atomic E-state index is 10.8. The van der Waals surface area contributed by atoms with Gasteiger partial charge < -0.3 is 10.5 Å². The Balaban J connectivity index is 1.58. The third-order valence-electron chi connectivity index (χ3n) is 4.30. The van der Waals surface area contributed by atoms with Crippen LogP contribution in [-0.4, -0.2) is 31.8 Å². The Bertz CT molecular complexity index is 912. The number of hydrogen-bond donors (Lipinski definition) is 1. The Hall–Kier alpha value is -3.09. The molecule has 0 radical (unpaired) electrons. The van der Waals surface area contributed by atoms with Crippen molar-refractivity contribution in [2.24, 2.45) is 5.73 Å². The van der Waals surface area contributed by atoms with E-state index in [1.165, 1.54) is 5.56 Å². The first-order chi connectivity index (χ1) is 12.2. The average Bonchev–Trinajstić information content (AvgIpc) is 3.33. The highest BCUT2D eigenvalue weighted by Crippen LogP contribution is 2.30. The summed E-state index contributed by atoms with van der Waals surface area (Å²) in [6, 6.07) is 6.17. The SMILES string of the molecule is NC(=O)CCCn1cc(-n2ccnc2-c2ccc3c(c2)CCO3)cn1. The van der Waals surface area contributed by atoms with Gasteiger partial charge in [0.25, 0.3) is 0 Å². The Morgan fingerprint density at radius 2 is 2.28 bits per heavy atom. The van der Waals surface area contributed by atoms with Gasteiger partial charge in [-0.2, -0.15) is 5.10 Å². The molecule has 0 spiro atoms. The number of ether oxygens (including phenoxy) is 1. The van der Waals surface area contributed by atoms with Crippen LogP contribution in [0.3, 0.4) is 0 Å². The lowest BCUT2D eigenvalue weighted by atomic mass is 10.1. The van der Waals surface area contributed by atoms with E-state index in [1.54, 1.807) is 12.4 Å². The molecule has 7 nitrogen and oxygen atoms in total. The number of aromatic nitrogens is 4. The quantitative estimate of drug-likeness (QED) is 0.744. The minimum atomic E-state index is -0.287. The van der Waals surface area contributed by atoms with Gasteiger partial charge in [0.2, 0.25) is 5.91 Å². The van der Waals surface area contributed by atoms with E-state index in [0.717, 1.165) is 35.9 Å². The number of fused-ring (bicyclic) bond motifs is 1. The lowest BCUT2D eigenvalue weighted by Crippen LogP contribution is -2.11. The molecule has 7 heteroatoms. The van der Waals surface area contributed by atoms with Crippen molar-refractivity contribution in [1.29, 1.82) is 0 Å². The van der Waals surface area contributed by atoms with Gasteiger partial charge in [-0.05, 0) is 30.2 Å². The molecule has 0 unspecified atom stereocenters. The number of nitrogens with two attached hydrogens (primary N) is 1. The number of benzene rings is 1. The normalized spacial score (nSPS) is 12.8. The van der Waals surface area contributed by atoms with Gasteiger partial charge in [0.05, 0.1) is 18.5 Å². The molecular weight excluding hydrogens is 318 g/mol. The van der Waals surface area contributed by atoms with Crippen molar-refractivity contribution in [3.63, 3.8) is 0 Å². The van der Waals surface area contributed by atoms with E-state index in [4.69, 9.17) is 10.5 Å². The van der Waals surface area contributed by atoms with Crippen LogP contribution >= 0.6 is 0 Å². The maximum atomic E-state index is 10.8. The van der Waals surface area contributed by atoms with Crippen LogP contribution in [0, 0.1) is 0 Å². The van der Waals surface area contributed by atoms with Gasteiger partial charge in [0, 0.05) is 43.5 Å². The predicted molar refractivity (Wildman–Crippen MR) is 92.4 cm³/mol. The summed E-state index contributed by atoms with van der Waals surface area (Å²) in [4.78, 5) is 15.3. The van der Waals surface area contributed by atoms with E-state index in [-0.39, 0.29) is 5.91 Å². The van der Waals surface area contributed by atoms with Crippen LogP contribution in [0.4, 0.5) is 0 Å². The molecule has 1 aliphatic heterocycles. The van der Waals surface area contributed by atoms with Crippen LogP contribution in [-0.2, 0) is 17.8 Å². The molecule has 0 saturated carbocycles. The molecule has 0 bridgehead atoms. The Kier molecular flexibility index (Phi) is 3.97. The van der Waals surface area contributed by atoms with Gasteiger partial charge in [0.1, 0.15) is 11.6 Å². The van der Waals surface area contributed by atoms with E-state index in [1.807, 2.05) is 33.8 Å². The van der Waals surface area contributed by atoms with Crippen molar-refractivity contribution in [2.75, 3.05) is 6.61 Å². The summed E-state index contributed by atoms with van der Waals surface area (Å²) in [5.41, 5.74) is 8.37. The molecule has 0 fully saturated rings. The molecule has 0 aliphatic carbocycles. The average molecular weight is 337 g/mol. The van der Waals surface area contributed by atoms with Gasteiger partial charge in [-0.1, -0.05) is 0 Å². The zero-order valence-electron chi connectivity index (χ0n) is 13.8. The summed E-state index contributed by atoms with van der Waals surface area (Å²) in [5, 5.41) is 4.36. The van der Waals surface area contributed by atoms with Gasteiger partial charge in [-0.15, -0.1) is 0 Å². The summed E-state index contributed by atoms with van der Waals surface area (Å²) in [5.74, 6) is 1.54. The number of carbonyl (C=O) groups excluding carboxylic acids is 1. The smallest absolute Gasteiger partial charge is 0.217 e. The number of primary amides is 1. The number of nitrogens with zero attached hydrogens (tertiary/aromatic N) is 4. The van der Waals surface area contributed by atoms with Crippen LogP contribution < -0.4 is 10.5 Å². The zero-order chi connectivity index (χ0) is 17.2. The monoisotopic (exact) mass is 337 g/mol. The second-order valence-electron chi connectivity index (χ2n) is 6.07. The van der Waals surface area contributed by atoms with Crippen LogP contribution in [0.15, 0.2) is 43.0 Å². The third-order valence-corrected chi connectivity index (χ3v) is 4.30. The number of imidazole rings is 1. The molecule has 1 aliphatic rings. The van der Waals surface area contributed by atoms with Crippen molar-refractivity contribution in [2.45, 2.75) is 25.8 Å². The van der Waals surface area contributed by atoms with E-state index in [0.29, 0.717) is 19.4 Å². The van der Waals surface area contributed by atoms with Crippen molar-refractivity contribution in [1.82, 2.24) is 19.3 Å². The maximum Gasteiger partial charge on any atom is 0.217 e. The Morgan fingerprint density at radius 3 is 3.16 bits per heavy atom. The molecule has 25 heavy (non-hydrogen) atoms. The fourth-order valence-corrected chi connectivity index (χ4v) is 3.07. The van der Waals surface area contributed by atoms with Crippen molar-refractivity contribution >= 4 is 5.91 Å². The Morgan fingerprint density at radius 1 is 1.36 bits per heavy atom. The second-order valence-corrected chi connectivity index (χ2v) is 6.07. The first kappa shape index (κ1) is 15.4. The first-order valence-corrected chi connectivity index (χ1v) is 8.31. The second kappa shape index (κ2) is 6.43. The highest BCUT2D eigenvalue weighted by Gasteiger charge is 2.15. The Labute approximate surface area is 145 Å². The van der Waals surface area contributed by atoms with Crippen molar-refractivity contribution in [3.05, 3.63) is 48.5 Å². The minimum absolute atomic E-state index is 0.287. The van der Waals surface area contributed by atoms with Gasteiger partial charge >= 0.3 is 0 Å². The van der Waals surface area contributed by atoms with Crippen LogP contribution in [0.1, 0.15) is 18.4 Å². The lowest BCUT2D eigenvalue weighted by Gasteiger charge is -2.07. The molecule has 3 heterocycles. The molecule has 1 aromatic carbocycles. The number of carbonyl (C=O) groups is 1. The van der Waals surface area contributed by atoms with Crippen LogP contribution in [0.25, 0.3) is 17.1 Å². The number of amides is 1. The van der Waals surface area contributed by atoms with Crippen LogP contribution in [0.2, 0.25) is 0 Å². The molecule has 2 aromatic heterocycles. The van der Waals surface area contributed by atoms with Crippen LogP contribution in [0.5, 0.6) is 5.75 Å². The molecule has 0 atom stereocenters. The molecule has 0 saturated heterocycles.